The van der Waals surface area contributed by atoms with Gasteiger partial charge in [0.25, 0.3) is 5.79 Å². The lowest BCUT2D eigenvalue weighted by molar-refractivity contribution is -0.386. The second kappa shape index (κ2) is 52.7. The standard InChI is InChI=1S/C72H136N2O21/c1-4-6-8-10-12-14-16-18-20-22-23-24-25-26-27-28-30-32-34-36-38-40-42-44-46-59(82)74-53(54(79)45-43-41-39-37-35-33-31-29-21-19-17-15-13-11-9-7-5-2)51-90-69-64(86)63(85)66(58(50-77)92-69)93-70-65(87)68(62(84)57(49-76)91-70)95-72(71(88)89)47-55(80)60(73-52(3)78)67(94-72)61(83)56(81)48-75/h53-58,60-70,75-77,79-81,83-87H,4-51H2,1-3H3,(H,73,78)(H,74,82)(H,88,89). The van der Waals surface area contributed by atoms with Crippen molar-refractivity contribution in [2.24, 2.45) is 0 Å². The summed E-state index contributed by atoms with van der Waals surface area (Å²) in [6, 6.07) is -2.52. The molecule has 0 radical (unpaired) electrons. The van der Waals surface area contributed by atoms with E-state index in [1.54, 1.807) is 0 Å². The number of aliphatic carboxylic acids is 1. The topological polar surface area (TPSA) is 373 Å². The summed E-state index contributed by atoms with van der Waals surface area (Å²) >= 11 is 0. The van der Waals surface area contributed by atoms with Gasteiger partial charge < -0.3 is 100 Å². The lowest BCUT2D eigenvalue weighted by Crippen LogP contribution is -2.70. The van der Waals surface area contributed by atoms with Gasteiger partial charge in [0.15, 0.2) is 12.6 Å². The van der Waals surface area contributed by atoms with Gasteiger partial charge in [-0.1, -0.05) is 271 Å². The van der Waals surface area contributed by atoms with E-state index in [1.165, 1.54) is 205 Å². The fourth-order valence-corrected chi connectivity index (χ4v) is 13.5. The van der Waals surface area contributed by atoms with E-state index in [2.05, 4.69) is 24.5 Å². The second-order valence-electron chi connectivity index (χ2n) is 27.9. The van der Waals surface area contributed by atoms with Crippen LogP contribution < -0.4 is 10.6 Å². The van der Waals surface area contributed by atoms with E-state index in [4.69, 9.17) is 28.4 Å². The van der Waals surface area contributed by atoms with Crippen LogP contribution in [0.5, 0.6) is 0 Å². The van der Waals surface area contributed by atoms with Gasteiger partial charge in [-0.15, -0.1) is 0 Å². The lowest BCUT2D eigenvalue weighted by Gasteiger charge is -2.50. The Labute approximate surface area is 569 Å². The fraction of sp³-hybridized carbons (Fsp3) is 0.958. The number of ether oxygens (including phenoxy) is 6. The third kappa shape index (κ3) is 34.3. The number of carbonyl (C=O) groups is 3. The van der Waals surface area contributed by atoms with E-state index in [0.29, 0.717) is 19.3 Å². The molecule has 0 aromatic rings. The van der Waals surface area contributed by atoms with Crippen LogP contribution in [0.25, 0.3) is 0 Å². The van der Waals surface area contributed by atoms with Crippen molar-refractivity contribution in [3.05, 3.63) is 0 Å². The zero-order chi connectivity index (χ0) is 69.6. The number of carboxylic acid groups (broad SMARTS) is 1. The third-order valence-corrected chi connectivity index (χ3v) is 19.6. The van der Waals surface area contributed by atoms with Crippen LogP contribution in [0.1, 0.15) is 303 Å². The van der Waals surface area contributed by atoms with Gasteiger partial charge in [0.2, 0.25) is 11.8 Å². The van der Waals surface area contributed by atoms with Crippen molar-refractivity contribution in [2.75, 3.05) is 26.4 Å². The van der Waals surface area contributed by atoms with Gasteiger partial charge in [0, 0.05) is 19.8 Å². The Balaban J connectivity index is 1.54. The van der Waals surface area contributed by atoms with E-state index in [1.807, 2.05) is 0 Å². The largest absolute Gasteiger partial charge is 0.477 e. The van der Waals surface area contributed by atoms with Crippen molar-refractivity contribution in [3.8, 4) is 0 Å². The van der Waals surface area contributed by atoms with E-state index < -0.39 is 148 Å². The van der Waals surface area contributed by atoms with Crippen LogP contribution >= 0.6 is 0 Å². The van der Waals surface area contributed by atoms with E-state index >= 15 is 0 Å². The number of nitrogens with one attached hydrogen (secondary N) is 2. The van der Waals surface area contributed by atoms with E-state index in [9.17, 15) is 75.7 Å². The fourth-order valence-electron chi connectivity index (χ4n) is 13.5. The normalized spacial score (nSPS) is 27.7. The molecule has 0 aromatic carbocycles. The molecular formula is C72H136N2O21. The number of hydrogen-bond acceptors (Lipinski definition) is 20. The number of rotatable bonds is 59. The molecule has 95 heavy (non-hydrogen) atoms. The van der Waals surface area contributed by atoms with Crippen molar-refractivity contribution in [1.29, 1.82) is 0 Å². The minimum atomic E-state index is -3.08. The van der Waals surface area contributed by atoms with Gasteiger partial charge in [-0.25, -0.2) is 4.79 Å². The molecule has 23 nitrogen and oxygen atoms in total. The number of hydrogen-bond donors (Lipinski definition) is 14. The smallest absolute Gasteiger partial charge is 0.364 e. The summed E-state index contributed by atoms with van der Waals surface area (Å²) in [6.45, 7) is 2.25. The highest BCUT2D eigenvalue weighted by molar-refractivity contribution is 5.77. The molecular weight excluding hydrogens is 1230 g/mol. The molecule has 3 aliphatic rings. The summed E-state index contributed by atoms with van der Waals surface area (Å²) in [5.41, 5.74) is 0. The highest BCUT2D eigenvalue weighted by atomic mass is 16.8. The molecule has 0 aliphatic carbocycles. The molecule has 3 saturated heterocycles. The first-order valence-electron chi connectivity index (χ1n) is 37.9. The summed E-state index contributed by atoms with van der Waals surface area (Å²) in [6.07, 6.45) is 22.4. The van der Waals surface area contributed by atoms with Gasteiger partial charge >= 0.3 is 5.97 Å². The van der Waals surface area contributed by atoms with Crippen molar-refractivity contribution in [1.82, 2.24) is 10.6 Å². The first-order valence-corrected chi connectivity index (χ1v) is 37.9. The highest BCUT2D eigenvalue weighted by Gasteiger charge is 2.60. The maximum Gasteiger partial charge on any atom is 0.364 e. The summed E-state index contributed by atoms with van der Waals surface area (Å²) in [4.78, 5) is 38.6. The molecule has 3 aliphatic heterocycles. The Hall–Kier alpha value is -2.27. The molecule has 2 amide bonds. The molecule has 3 rings (SSSR count). The Morgan fingerprint density at radius 1 is 0.505 bits per heavy atom. The molecule has 0 bridgehead atoms. The SMILES string of the molecule is CCCCCCCCCCCCCCCCCCCCCCCCCCC(=O)NC(COC1OC(CO)C(OC2OC(CO)C(O)C(OC3(C(=O)O)CC(O)C(NC(C)=O)C(C(O)C(O)CO)O3)C2O)C(O)C1O)C(O)CCCCCCCCCCCCCCCCCCC. The van der Waals surface area contributed by atoms with Crippen LogP contribution in [0.3, 0.4) is 0 Å². The summed E-state index contributed by atoms with van der Waals surface area (Å²) in [7, 11) is 0. The summed E-state index contributed by atoms with van der Waals surface area (Å²) in [5, 5.41) is 136. The summed E-state index contributed by atoms with van der Waals surface area (Å²) < 4.78 is 34.9. The van der Waals surface area contributed by atoms with Crippen molar-refractivity contribution in [2.45, 2.75) is 413 Å². The predicted molar refractivity (Wildman–Crippen MR) is 362 cm³/mol. The first kappa shape index (κ1) is 86.9. The minimum Gasteiger partial charge on any atom is -0.477 e. The minimum absolute atomic E-state index is 0.230. The number of carbonyl (C=O) groups excluding carboxylic acids is 2. The maximum absolute atomic E-state index is 13.5. The predicted octanol–water partition coefficient (Wildman–Crippen LogP) is 8.46. The van der Waals surface area contributed by atoms with Crippen molar-refractivity contribution < 1.29 is 104 Å². The van der Waals surface area contributed by atoms with Crippen LogP contribution in [-0.2, 0) is 42.8 Å². The Morgan fingerprint density at radius 3 is 1.32 bits per heavy atom. The van der Waals surface area contributed by atoms with Gasteiger partial charge in [-0.2, -0.15) is 0 Å². The zero-order valence-corrected chi connectivity index (χ0v) is 58.8. The number of carboxylic acids is 1. The maximum atomic E-state index is 13.5. The number of amides is 2. The number of aliphatic hydroxyl groups is 11. The summed E-state index contributed by atoms with van der Waals surface area (Å²) in [5.74, 6) is -6.09. The average molecular weight is 1370 g/mol. The van der Waals surface area contributed by atoms with Gasteiger partial charge in [-0.3, -0.25) is 9.59 Å². The quantitative estimate of drug-likeness (QED) is 0.0254. The second-order valence-corrected chi connectivity index (χ2v) is 27.9. The molecule has 3 heterocycles. The Bertz CT molecular complexity index is 1910. The van der Waals surface area contributed by atoms with Crippen LogP contribution in [-0.4, -0.2) is 215 Å². The molecule has 23 heteroatoms. The number of aliphatic hydroxyl groups excluding tert-OH is 11. The van der Waals surface area contributed by atoms with Crippen LogP contribution in [0.2, 0.25) is 0 Å². The Morgan fingerprint density at radius 2 is 0.916 bits per heavy atom. The average Bonchev–Trinajstić information content (AvgIpc) is 0.758. The molecule has 0 spiro atoms. The van der Waals surface area contributed by atoms with Crippen molar-refractivity contribution in [3.63, 3.8) is 0 Å². The third-order valence-electron chi connectivity index (χ3n) is 19.6. The van der Waals surface area contributed by atoms with Gasteiger partial charge in [0.1, 0.15) is 67.1 Å². The molecule has 18 atom stereocenters. The highest BCUT2D eigenvalue weighted by Crippen LogP contribution is 2.39. The van der Waals surface area contributed by atoms with Gasteiger partial charge in [-0.05, 0) is 12.8 Å². The monoisotopic (exact) mass is 1360 g/mol. The molecule has 18 unspecified atom stereocenters. The number of unbranched alkanes of at least 4 members (excludes halogenated alkanes) is 39. The first-order chi connectivity index (χ1) is 45.9. The van der Waals surface area contributed by atoms with Crippen LogP contribution in [0, 0.1) is 0 Å². The van der Waals surface area contributed by atoms with Gasteiger partial charge in [0.05, 0.1) is 50.7 Å². The van der Waals surface area contributed by atoms with E-state index in [-0.39, 0.29) is 18.9 Å². The molecule has 560 valence electrons. The van der Waals surface area contributed by atoms with E-state index in [0.717, 1.165) is 51.9 Å². The molecule has 3 fully saturated rings. The lowest BCUT2D eigenvalue weighted by atomic mass is 9.88. The molecule has 14 N–H and O–H groups in total. The zero-order valence-electron chi connectivity index (χ0n) is 58.8. The van der Waals surface area contributed by atoms with Crippen LogP contribution in [0.4, 0.5) is 0 Å². The Kier molecular flexibility index (Phi) is 48.2. The van der Waals surface area contributed by atoms with Crippen molar-refractivity contribution >= 4 is 17.8 Å². The molecule has 0 aromatic heterocycles. The van der Waals surface area contributed by atoms with Crippen LogP contribution in [0.15, 0.2) is 0 Å². The molecule has 0 saturated carbocycles.